The Bertz CT molecular complexity index is 822. The highest BCUT2D eigenvalue weighted by Gasteiger charge is 2.26. The second kappa shape index (κ2) is 10.6. The van der Waals surface area contributed by atoms with Crippen LogP contribution in [-0.4, -0.2) is 70.0 Å². The number of carbonyl (C=O) groups excluding carboxylic acids is 1. The van der Waals surface area contributed by atoms with E-state index >= 15 is 0 Å². The number of guanidine groups is 1. The highest BCUT2D eigenvalue weighted by Crippen LogP contribution is 2.12. The summed E-state index contributed by atoms with van der Waals surface area (Å²) in [5.74, 6) is 0.530. The van der Waals surface area contributed by atoms with E-state index in [2.05, 4.69) is 22.2 Å². The van der Waals surface area contributed by atoms with E-state index in [-0.39, 0.29) is 30.1 Å². The fourth-order valence-corrected chi connectivity index (χ4v) is 3.08. The number of nitrogens with two attached hydrogens (primary N) is 1. The monoisotopic (exact) mass is 526 g/mol. The maximum atomic E-state index is 12.1. The molecule has 30 heavy (non-hydrogen) atoms. The fraction of sp³-hybridized carbons (Fsp3) is 0.476. The molecular formula is C21H31IN6O2. The van der Waals surface area contributed by atoms with Crippen molar-refractivity contribution in [3.8, 4) is 5.69 Å². The van der Waals surface area contributed by atoms with Gasteiger partial charge in [-0.15, -0.1) is 24.0 Å². The number of amides is 1. The molecule has 2 N–H and O–H groups in total. The predicted molar refractivity (Wildman–Crippen MR) is 129 cm³/mol. The van der Waals surface area contributed by atoms with Gasteiger partial charge >= 0.3 is 6.09 Å². The largest absolute Gasteiger partial charge is 0.444 e. The van der Waals surface area contributed by atoms with E-state index in [9.17, 15) is 4.79 Å². The number of hydrogen-bond acceptors (Lipinski definition) is 4. The molecule has 0 saturated carbocycles. The fourth-order valence-electron chi connectivity index (χ4n) is 3.08. The van der Waals surface area contributed by atoms with E-state index in [0.717, 1.165) is 12.1 Å². The molecule has 164 valence electrons. The van der Waals surface area contributed by atoms with Crippen molar-refractivity contribution in [3.05, 3.63) is 48.3 Å². The minimum absolute atomic E-state index is 0. The van der Waals surface area contributed by atoms with Crippen LogP contribution in [0, 0.1) is 0 Å². The molecule has 1 fully saturated rings. The van der Waals surface area contributed by atoms with Crippen molar-refractivity contribution >= 4 is 36.0 Å². The standard InChI is InChI=1S/C21H30N6O2.HI/c1-21(2,3)29-20(28)26-15-13-25(14-16-26)19(22)23-11-9-17-5-7-18(8-6-17)27-12-4-10-24-27;/h4-8,10,12H,9,11,13-16H2,1-3H3,(H2,22,23);1H. The summed E-state index contributed by atoms with van der Waals surface area (Å²) in [4.78, 5) is 20.4. The first-order chi connectivity index (χ1) is 13.8. The van der Waals surface area contributed by atoms with Crippen molar-refractivity contribution in [2.24, 2.45) is 10.7 Å². The zero-order valence-corrected chi connectivity index (χ0v) is 20.2. The van der Waals surface area contributed by atoms with E-state index in [1.807, 2.05) is 54.7 Å². The molecule has 1 amide bonds. The highest BCUT2D eigenvalue weighted by molar-refractivity contribution is 14.0. The third-order valence-corrected chi connectivity index (χ3v) is 4.63. The van der Waals surface area contributed by atoms with Crippen molar-refractivity contribution in [3.63, 3.8) is 0 Å². The van der Waals surface area contributed by atoms with Gasteiger partial charge in [-0.05, 0) is 51.0 Å². The van der Waals surface area contributed by atoms with Gasteiger partial charge in [0, 0.05) is 45.1 Å². The number of carbonyl (C=O) groups is 1. The molecule has 9 heteroatoms. The molecule has 8 nitrogen and oxygen atoms in total. The number of nitrogens with zero attached hydrogens (tertiary/aromatic N) is 5. The van der Waals surface area contributed by atoms with Gasteiger partial charge in [0.05, 0.1) is 5.69 Å². The Morgan fingerprint density at radius 1 is 1.13 bits per heavy atom. The Hall–Kier alpha value is -2.30. The van der Waals surface area contributed by atoms with Gasteiger partial charge in [-0.25, -0.2) is 9.48 Å². The summed E-state index contributed by atoms with van der Waals surface area (Å²) in [5.41, 5.74) is 7.91. The Kier molecular flexibility index (Phi) is 8.51. The normalized spacial score (nSPS) is 15.0. The third-order valence-electron chi connectivity index (χ3n) is 4.63. The molecule has 0 radical (unpaired) electrons. The first-order valence-corrected chi connectivity index (χ1v) is 9.93. The molecule has 0 unspecified atom stereocenters. The van der Waals surface area contributed by atoms with Crippen LogP contribution in [0.3, 0.4) is 0 Å². The minimum atomic E-state index is -0.481. The van der Waals surface area contributed by atoms with Crippen LogP contribution in [0.4, 0.5) is 4.79 Å². The smallest absolute Gasteiger partial charge is 0.410 e. The first kappa shape index (κ1) is 24.0. The lowest BCUT2D eigenvalue weighted by molar-refractivity contribution is 0.0186. The Balaban J connectivity index is 0.00000320. The summed E-state index contributed by atoms with van der Waals surface area (Å²) in [6, 6.07) is 10.2. The van der Waals surface area contributed by atoms with Crippen LogP contribution in [0.25, 0.3) is 5.69 Å². The second-order valence-electron chi connectivity index (χ2n) is 8.06. The number of rotatable bonds is 4. The van der Waals surface area contributed by atoms with Gasteiger partial charge in [-0.3, -0.25) is 4.99 Å². The summed E-state index contributed by atoms with van der Waals surface area (Å²) in [5, 5.41) is 4.23. The summed E-state index contributed by atoms with van der Waals surface area (Å²) in [7, 11) is 0. The molecule has 1 aromatic carbocycles. The van der Waals surface area contributed by atoms with Crippen molar-refractivity contribution in [2.75, 3.05) is 32.7 Å². The maximum Gasteiger partial charge on any atom is 0.410 e. The summed E-state index contributed by atoms with van der Waals surface area (Å²) in [6.45, 7) is 8.73. The molecule has 3 rings (SSSR count). The lowest BCUT2D eigenvalue weighted by Gasteiger charge is -2.36. The van der Waals surface area contributed by atoms with Crippen LogP contribution >= 0.6 is 24.0 Å². The average Bonchev–Trinajstić information content (AvgIpc) is 3.22. The van der Waals surface area contributed by atoms with E-state index in [4.69, 9.17) is 10.5 Å². The van der Waals surface area contributed by atoms with E-state index in [1.165, 1.54) is 5.56 Å². The number of ether oxygens (including phenoxy) is 1. The van der Waals surface area contributed by atoms with Gasteiger partial charge in [-0.2, -0.15) is 5.10 Å². The van der Waals surface area contributed by atoms with Gasteiger partial charge in [0.1, 0.15) is 5.60 Å². The molecular weight excluding hydrogens is 495 g/mol. The van der Waals surface area contributed by atoms with Crippen LogP contribution in [0.15, 0.2) is 47.7 Å². The maximum absolute atomic E-state index is 12.1. The van der Waals surface area contributed by atoms with E-state index in [0.29, 0.717) is 38.7 Å². The number of hydrogen-bond donors (Lipinski definition) is 1. The van der Waals surface area contributed by atoms with Gasteiger partial charge in [0.15, 0.2) is 5.96 Å². The summed E-state index contributed by atoms with van der Waals surface area (Å²) < 4.78 is 7.25. The number of aromatic nitrogens is 2. The lowest BCUT2D eigenvalue weighted by Crippen LogP contribution is -2.53. The predicted octanol–water partition coefficient (Wildman–Crippen LogP) is 2.90. The molecule has 1 aliphatic rings. The molecule has 0 spiro atoms. The lowest BCUT2D eigenvalue weighted by atomic mass is 10.1. The SMILES string of the molecule is CC(C)(C)OC(=O)N1CCN(C(N)=NCCc2ccc(-n3cccn3)cc2)CC1.I. The zero-order chi connectivity index (χ0) is 20.9. The van der Waals surface area contributed by atoms with Gasteiger partial charge in [0.2, 0.25) is 0 Å². The molecule has 0 atom stereocenters. The Labute approximate surface area is 195 Å². The van der Waals surface area contributed by atoms with E-state index in [1.54, 1.807) is 11.1 Å². The number of halogens is 1. The number of aliphatic imine (C=N–C) groups is 1. The van der Waals surface area contributed by atoms with E-state index < -0.39 is 5.60 Å². The average molecular weight is 526 g/mol. The van der Waals surface area contributed by atoms with Crippen LogP contribution in [0.5, 0.6) is 0 Å². The number of piperazine rings is 1. The quantitative estimate of drug-likeness (QED) is 0.376. The molecule has 0 aliphatic carbocycles. The van der Waals surface area contributed by atoms with Crippen LogP contribution in [0.2, 0.25) is 0 Å². The first-order valence-electron chi connectivity index (χ1n) is 9.93. The second-order valence-corrected chi connectivity index (χ2v) is 8.06. The topological polar surface area (TPSA) is 89.0 Å². The van der Waals surface area contributed by atoms with Crippen molar-refractivity contribution < 1.29 is 9.53 Å². The van der Waals surface area contributed by atoms with Crippen LogP contribution in [0.1, 0.15) is 26.3 Å². The Morgan fingerprint density at radius 3 is 2.33 bits per heavy atom. The van der Waals surface area contributed by atoms with Crippen molar-refractivity contribution in [2.45, 2.75) is 32.8 Å². The molecule has 1 aromatic heterocycles. The van der Waals surface area contributed by atoms with Crippen molar-refractivity contribution in [1.82, 2.24) is 19.6 Å². The summed E-state index contributed by atoms with van der Waals surface area (Å²) in [6.07, 6.45) is 4.23. The van der Waals surface area contributed by atoms with Crippen LogP contribution < -0.4 is 5.73 Å². The Morgan fingerprint density at radius 2 is 1.77 bits per heavy atom. The molecule has 1 aliphatic heterocycles. The van der Waals surface area contributed by atoms with Gasteiger partial charge in [-0.1, -0.05) is 12.1 Å². The van der Waals surface area contributed by atoms with Gasteiger partial charge < -0.3 is 20.3 Å². The molecule has 2 heterocycles. The van der Waals surface area contributed by atoms with Crippen molar-refractivity contribution in [1.29, 1.82) is 0 Å². The molecule has 1 saturated heterocycles. The zero-order valence-electron chi connectivity index (χ0n) is 17.8. The summed E-state index contributed by atoms with van der Waals surface area (Å²) >= 11 is 0. The molecule has 2 aromatic rings. The van der Waals surface area contributed by atoms with Gasteiger partial charge in [0.25, 0.3) is 0 Å². The molecule has 0 bridgehead atoms. The number of benzene rings is 1. The van der Waals surface area contributed by atoms with Crippen LogP contribution in [-0.2, 0) is 11.2 Å². The third kappa shape index (κ3) is 6.89. The minimum Gasteiger partial charge on any atom is -0.444 e. The highest BCUT2D eigenvalue weighted by atomic mass is 127.